The fourth-order valence-corrected chi connectivity index (χ4v) is 5.30. The Morgan fingerprint density at radius 2 is 1.12 bits per heavy atom. The number of hydrogen-bond donors (Lipinski definition) is 2. The molecule has 2 amide bonds. The summed E-state index contributed by atoms with van der Waals surface area (Å²) in [6.45, 7) is 2.21. The zero-order valence-electron chi connectivity index (χ0n) is 19.8. The van der Waals surface area contributed by atoms with Crippen molar-refractivity contribution >= 4 is 19.6 Å². The van der Waals surface area contributed by atoms with Gasteiger partial charge in [-0.3, -0.25) is 14.1 Å². The summed E-state index contributed by atoms with van der Waals surface area (Å²) in [6, 6.07) is 0. The van der Waals surface area contributed by atoms with Crippen LogP contribution in [0.5, 0.6) is 0 Å². The zero-order chi connectivity index (χ0) is 23.1. The van der Waals surface area contributed by atoms with E-state index in [1.807, 2.05) is 0 Å². The van der Waals surface area contributed by atoms with E-state index in [0.29, 0.717) is 6.42 Å². The molecule has 0 heterocycles. The van der Waals surface area contributed by atoms with Crippen LogP contribution in [0.1, 0.15) is 116 Å². The molecule has 0 atom stereocenters. The van der Waals surface area contributed by atoms with E-state index >= 15 is 0 Å². The molecule has 9 heteroatoms. The van der Waals surface area contributed by atoms with Crippen molar-refractivity contribution in [3.8, 4) is 0 Å². The third-order valence-corrected chi connectivity index (χ3v) is 7.59. The maximum atomic E-state index is 13.1. The minimum Gasteiger partial charge on any atom is -0.284 e. The molecule has 0 unspecified atom stereocenters. The molecule has 0 aliphatic heterocycles. The highest BCUT2D eigenvalue weighted by molar-refractivity contribution is 7.48. The smallest absolute Gasteiger partial charge is 0.284 e. The average molecular weight is 475 g/mol. The minimum absolute atomic E-state index is 0.156. The number of hydrogen-bond acceptors (Lipinski definition) is 6. The summed E-state index contributed by atoms with van der Waals surface area (Å²) in [6.07, 6.45) is 16.6. The molecule has 0 aromatic rings. The molecule has 8 nitrogen and oxygen atoms in total. The molecular weight excluding hydrogens is 431 g/mol. The van der Waals surface area contributed by atoms with E-state index in [2.05, 4.69) is 17.9 Å². The van der Waals surface area contributed by atoms with Crippen LogP contribution >= 0.6 is 7.82 Å². The molecule has 0 aromatic heterocycles. The highest BCUT2D eigenvalue weighted by Gasteiger charge is 2.33. The lowest BCUT2D eigenvalue weighted by Gasteiger charge is -2.23. The standard InChI is InChI=1S/C23H43N2O6P/c1-2-3-14-19-29-32(28,30-24-22(26)20-15-10-6-4-7-11-16-20)31-25-23(27)21-17-12-8-5-9-13-18-21/h20-21H,2-19H2,1H3,(H,24,26)(H,25,27). The lowest BCUT2D eigenvalue weighted by Crippen LogP contribution is -2.34. The first-order valence-electron chi connectivity index (χ1n) is 12.8. The number of phosphoric acid groups is 1. The number of carbonyl (C=O) groups is 2. The van der Waals surface area contributed by atoms with Crippen LogP contribution in [0.2, 0.25) is 0 Å². The van der Waals surface area contributed by atoms with Gasteiger partial charge in [-0.2, -0.15) is 9.25 Å². The second-order valence-corrected chi connectivity index (χ2v) is 10.7. The van der Waals surface area contributed by atoms with E-state index in [0.717, 1.165) is 89.9 Å². The molecule has 2 N–H and O–H groups in total. The van der Waals surface area contributed by atoms with Crippen LogP contribution in [0.15, 0.2) is 0 Å². The second kappa shape index (κ2) is 15.8. The lowest BCUT2D eigenvalue weighted by atomic mass is 9.91. The Morgan fingerprint density at radius 3 is 1.53 bits per heavy atom. The zero-order valence-corrected chi connectivity index (χ0v) is 20.7. The summed E-state index contributed by atoms with van der Waals surface area (Å²) in [5, 5.41) is 0. The lowest BCUT2D eigenvalue weighted by molar-refractivity contribution is -0.137. The van der Waals surface area contributed by atoms with E-state index in [-0.39, 0.29) is 30.3 Å². The van der Waals surface area contributed by atoms with Crippen molar-refractivity contribution in [3.05, 3.63) is 0 Å². The van der Waals surface area contributed by atoms with Gasteiger partial charge in [0.1, 0.15) is 0 Å². The Labute approximate surface area is 193 Å². The van der Waals surface area contributed by atoms with Crippen molar-refractivity contribution in [2.45, 2.75) is 116 Å². The summed E-state index contributed by atoms with van der Waals surface area (Å²) in [4.78, 5) is 25.2. The molecule has 2 aliphatic carbocycles. The molecule has 0 saturated heterocycles. The number of hydroxylamine groups is 2. The van der Waals surface area contributed by atoms with E-state index in [1.165, 1.54) is 12.8 Å². The van der Waals surface area contributed by atoms with Gasteiger partial charge < -0.3 is 0 Å². The summed E-state index contributed by atoms with van der Waals surface area (Å²) in [5.41, 5.74) is 4.60. The number of unbranched alkanes of at least 4 members (excludes halogenated alkanes) is 2. The summed E-state index contributed by atoms with van der Waals surface area (Å²) >= 11 is 0. The average Bonchev–Trinajstić information content (AvgIpc) is 2.73. The van der Waals surface area contributed by atoms with Crippen LogP contribution in [0.3, 0.4) is 0 Å². The SMILES string of the molecule is CCCCCOP(=O)(ONC(=O)C1CCCCCCC1)ONC(=O)C1CCCCCCC1. The molecule has 0 aromatic carbocycles. The van der Waals surface area contributed by atoms with Crippen molar-refractivity contribution in [1.29, 1.82) is 0 Å². The number of nitrogens with one attached hydrogen (secondary N) is 2. The Morgan fingerprint density at radius 1 is 0.719 bits per heavy atom. The van der Waals surface area contributed by atoms with Gasteiger partial charge in [0.05, 0.1) is 6.61 Å². The van der Waals surface area contributed by atoms with Gasteiger partial charge in [0, 0.05) is 11.8 Å². The van der Waals surface area contributed by atoms with Crippen LogP contribution in [-0.2, 0) is 27.9 Å². The molecule has 2 rings (SSSR count). The molecule has 2 fully saturated rings. The first kappa shape index (κ1) is 27.3. The van der Waals surface area contributed by atoms with Gasteiger partial charge in [-0.25, -0.2) is 15.5 Å². The maximum absolute atomic E-state index is 13.1. The van der Waals surface area contributed by atoms with Gasteiger partial charge in [0.15, 0.2) is 0 Å². The van der Waals surface area contributed by atoms with Crippen LogP contribution in [0.25, 0.3) is 0 Å². The van der Waals surface area contributed by atoms with Crippen molar-refractivity contribution in [3.63, 3.8) is 0 Å². The fraction of sp³-hybridized carbons (Fsp3) is 0.913. The molecule has 0 spiro atoms. The van der Waals surface area contributed by atoms with Gasteiger partial charge in [-0.15, -0.1) is 0 Å². The molecule has 32 heavy (non-hydrogen) atoms. The maximum Gasteiger partial charge on any atom is 0.517 e. The molecular formula is C23H43N2O6P. The van der Waals surface area contributed by atoms with Gasteiger partial charge >= 0.3 is 7.82 Å². The first-order valence-corrected chi connectivity index (χ1v) is 14.2. The Hall–Kier alpha value is -0.950. The molecule has 186 valence electrons. The predicted octanol–water partition coefficient (Wildman–Crippen LogP) is 6.12. The normalized spacial score (nSPS) is 19.9. The Balaban J connectivity index is 1.88. The minimum atomic E-state index is -4.17. The topological polar surface area (TPSA) is 103 Å². The third-order valence-electron chi connectivity index (χ3n) is 6.47. The van der Waals surface area contributed by atoms with Gasteiger partial charge in [-0.05, 0) is 32.1 Å². The summed E-state index contributed by atoms with van der Waals surface area (Å²) in [7, 11) is -4.17. The largest absolute Gasteiger partial charge is 0.517 e. The molecule has 0 bridgehead atoms. The van der Waals surface area contributed by atoms with Crippen molar-refractivity contribution in [2.24, 2.45) is 11.8 Å². The van der Waals surface area contributed by atoms with Crippen molar-refractivity contribution in [1.82, 2.24) is 11.0 Å². The van der Waals surface area contributed by atoms with E-state index in [9.17, 15) is 14.2 Å². The van der Waals surface area contributed by atoms with Gasteiger partial charge in [-0.1, -0.05) is 84.0 Å². The predicted molar refractivity (Wildman–Crippen MR) is 123 cm³/mol. The third kappa shape index (κ3) is 10.8. The summed E-state index contributed by atoms with van der Waals surface area (Å²) < 4.78 is 28.8. The van der Waals surface area contributed by atoms with Crippen molar-refractivity contribution in [2.75, 3.05) is 6.61 Å². The first-order chi connectivity index (χ1) is 15.5. The highest BCUT2D eigenvalue weighted by Crippen LogP contribution is 2.48. The van der Waals surface area contributed by atoms with Crippen LogP contribution in [0, 0.1) is 11.8 Å². The number of rotatable bonds is 11. The van der Waals surface area contributed by atoms with Gasteiger partial charge in [0.25, 0.3) is 0 Å². The molecule has 2 aliphatic rings. The Bertz CT molecular complexity index is 545. The quantitative estimate of drug-likeness (QED) is 0.212. The summed E-state index contributed by atoms with van der Waals surface area (Å²) in [5.74, 6) is -0.958. The van der Waals surface area contributed by atoms with Crippen LogP contribution in [-0.4, -0.2) is 18.4 Å². The fourth-order valence-electron chi connectivity index (χ4n) is 4.40. The number of carbonyl (C=O) groups excluding carboxylic acids is 2. The monoisotopic (exact) mass is 474 g/mol. The Kier molecular flexibility index (Phi) is 13.5. The molecule has 0 radical (unpaired) electrons. The van der Waals surface area contributed by atoms with E-state index in [4.69, 9.17) is 13.8 Å². The molecule has 2 saturated carbocycles. The van der Waals surface area contributed by atoms with Gasteiger partial charge in [0.2, 0.25) is 11.8 Å². The highest BCUT2D eigenvalue weighted by atomic mass is 31.2. The second-order valence-electron chi connectivity index (χ2n) is 9.19. The van der Waals surface area contributed by atoms with Crippen LogP contribution < -0.4 is 11.0 Å². The van der Waals surface area contributed by atoms with Crippen LogP contribution in [0.4, 0.5) is 0 Å². The van der Waals surface area contributed by atoms with E-state index < -0.39 is 7.82 Å². The van der Waals surface area contributed by atoms with Crippen molar-refractivity contribution < 1.29 is 27.9 Å². The number of amides is 2. The van der Waals surface area contributed by atoms with E-state index in [1.54, 1.807) is 0 Å².